The molecule has 9 heteroatoms. The highest BCUT2D eigenvalue weighted by atomic mass is 16.6. The molecule has 2 N–H and O–H groups in total. The summed E-state index contributed by atoms with van der Waals surface area (Å²) in [6.45, 7) is -0.396. The van der Waals surface area contributed by atoms with Crippen LogP contribution in [-0.2, 0) is 4.79 Å². The molecule has 0 bridgehead atoms. The van der Waals surface area contributed by atoms with E-state index in [9.17, 15) is 24.8 Å². The smallest absolute Gasteiger partial charge is 0.273 e. The number of aldehydes is 1. The van der Waals surface area contributed by atoms with Gasteiger partial charge in [-0.1, -0.05) is 0 Å². The molecule has 0 saturated heterocycles. The number of amides is 1. The second-order valence-electron chi connectivity index (χ2n) is 4.82. The Hall–Kier alpha value is -3.62. The summed E-state index contributed by atoms with van der Waals surface area (Å²) < 4.78 is 10.4. The van der Waals surface area contributed by atoms with Crippen LogP contribution >= 0.6 is 0 Å². The summed E-state index contributed by atoms with van der Waals surface area (Å²) >= 11 is 0. The quantitative estimate of drug-likeness (QED) is 0.340. The highest BCUT2D eigenvalue weighted by Gasteiger charge is 2.13. The van der Waals surface area contributed by atoms with Crippen LogP contribution in [0.4, 0.5) is 11.4 Å². The molecule has 0 aliphatic carbocycles. The zero-order valence-corrected chi connectivity index (χ0v) is 13.1. The van der Waals surface area contributed by atoms with Gasteiger partial charge in [-0.15, -0.1) is 0 Å². The Morgan fingerprint density at radius 1 is 1.28 bits per heavy atom. The summed E-state index contributed by atoms with van der Waals surface area (Å²) in [6.07, 6.45) is 0.649. The highest BCUT2D eigenvalue weighted by molar-refractivity contribution is 5.93. The topological polar surface area (TPSA) is 128 Å². The van der Waals surface area contributed by atoms with Gasteiger partial charge in [-0.2, -0.15) is 0 Å². The maximum atomic E-state index is 11.9. The lowest BCUT2D eigenvalue weighted by Crippen LogP contribution is -2.20. The predicted molar refractivity (Wildman–Crippen MR) is 87.3 cm³/mol. The Bertz CT molecular complexity index is 820. The molecule has 2 aromatic carbocycles. The number of aromatic hydroxyl groups is 1. The number of benzene rings is 2. The van der Waals surface area contributed by atoms with E-state index >= 15 is 0 Å². The molecule has 0 heterocycles. The molecule has 0 aliphatic heterocycles. The number of phenols is 1. The van der Waals surface area contributed by atoms with Gasteiger partial charge < -0.3 is 19.9 Å². The first-order chi connectivity index (χ1) is 11.9. The minimum absolute atomic E-state index is 0.0162. The minimum Gasteiger partial charge on any atom is -0.506 e. The Balaban J connectivity index is 2.02. The molecule has 2 aromatic rings. The summed E-state index contributed by atoms with van der Waals surface area (Å²) in [5, 5.41) is 22.7. The van der Waals surface area contributed by atoms with E-state index in [0.29, 0.717) is 11.8 Å². The molecule has 0 aromatic heterocycles. The summed E-state index contributed by atoms with van der Waals surface area (Å²) in [5.41, 5.74) is 0.110. The Labute approximate surface area is 141 Å². The Morgan fingerprint density at radius 3 is 2.64 bits per heavy atom. The fourth-order valence-corrected chi connectivity index (χ4v) is 1.95. The van der Waals surface area contributed by atoms with E-state index in [1.165, 1.54) is 31.4 Å². The highest BCUT2D eigenvalue weighted by Crippen LogP contribution is 2.29. The van der Waals surface area contributed by atoms with Gasteiger partial charge in [0.15, 0.2) is 18.1 Å². The number of phenolic OH excluding ortho intramolecular Hbond substituents is 1. The number of non-ortho nitro benzene ring substituents is 1. The number of methoxy groups -OCH3 is 1. The van der Waals surface area contributed by atoms with Crippen molar-refractivity contribution in [3.63, 3.8) is 0 Å². The van der Waals surface area contributed by atoms with Gasteiger partial charge in [0.2, 0.25) is 0 Å². The number of carbonyl (C=O) groups is 2. The zero-order chi connectivity index (χ0) is 18.4. The van der Waals surface area contributed by atoms with Gasteiger partial charge in [-0.05, 0) is 24.3 Å². The molecular formula is C16H14N2O7. The molecular weight excluding hydrogens is 332 g/mol. The lowest BCUT2D eigenvalue weighted by Gasteiger charge is -2.11. The summed E-state index contributed by atoms with van der Waals surface area (Å²) in [6, 6.07) is 7.74. The van der Waals surface area contributed by atoms with Gasteiger partial charge in [0, 0.05) is 11.6 Å². The molecule has 0 radical (unpaired) electrons. The van der Waals surface area contributed by atoms with E-state index in [1.807, 2.05) is 0 Å². The molecule has 25 heavy (non-hydrogen) atoms. The molecule has 0 unspecified atom stereocenters. The first-order valence-electron chi connectivity index (χ1n) is 6.98. The molecule has 130 valence electrons. The summed E-state index contributed by atoms with van der Waals surface area (Å²) in [5.74, 6) is -0.479. The SMILES string of the molecule is COc1cc(C=O)ccc1OCC(=O)Nc1ccc([N+](=O)[O-])cc1O. The van der Waals surface area contributed by atoms with E-state index in [2.05, 4.69) is 5.32 Å². The standard InChI is InChI=1S/C16H14N2O7/c1-24-15-6-10(8-19)2-5-14(15)25-9-16(21)17-12-4-3-11(18(22)23)7-13(12)20/h2-8,20H,9H2,1H3,(H,17,21). The number of anilines is 1. The van der Waals surface area contributed by atoms with Gasteiger partial charge in [-0.25, -0.2) is 0 Å². The number of hydrogen-bond acceptors (Lipinski definition) is 7. The number of nitrogens with zero attached hydrogens (tertiary/aromatic N) is 1. The van der Waals surface area contributed by atoms with Crippen molar-refractivity contribution in [3.8, 4) is 17.2 Å². The Kier molecular flexibility index (Phi) is 5.51. The van der Waals surface area contributed by atoms with Crippen LogP contribution < -0.4 is 14.8 Å². The predicted octanol–water partition coefficient (Wildman–Crippen LogP) is 2.14. The van der Waals surface area contributed by atoms with Gasteiger partial charge >= 0.3 is 0 Å². The van der Waals surface area contributed by atoms with Crippen LogP contribution in [0.25, 0.3) is 0 Å². The summed E-state index contributed by atoms with van der Waals surface area (Å²) in [4.78, 5) is 32.6. The second kappa shape index (κ2) is 7.77. The van der Waals surface area contributed by atoms with E-state index < -0.39 is 23.2 Å². The fourth-order valence-electron chi connectivity index (χ4n) is 1.95. The van der Waals surface area contributed by atoms with Crippen molar-refractivity contribution in [1.82, 2.24) is 0 Å². The maximum Gasteiger partial charge on any atom is 0.273 e. The van der Waals surface area contributed by atoms with Crippen LogP contribution in [0, 0.1) is 10.1 Å². The molecule has 0 fully saturated rings. The first-order valence-corrected chi connectivity index (χ1v) is 6.98. The molecule has 2 rings (SSSR count). The van der Waals surface area contributed by atoms with Crippen LogP contribution in [0.2, 0.25) is 0 Å². The maximum absolute atomic E-state index is 11.9. The second-order valence-corrected chi connectivity index (χ2v) is 4.82. The number of nitro groups is 1. The largest absolute Gasteiger partial charge is 0.506 e. The van der Waals surface area contributed by atoms with Crippen molar-refractivity contribution in [1.29, 1.82) is 0 Å². The molecule has 0 saturated carbocycles. The van der Waals surface area contributed by atoms with E-state index in [4.69, 9.17) is 9.47 Å². The number of nitro benzene ring substituents is 1. The van der Waals surface area contributed by atoms with Gasteiger partial charge in [0.05, 0.1) is 23.8 Å². The number of ether oxygens (including phenoxy) is 2. The molecule has 0 spiro atoms. The number of hydrogen-bond donors (Lipinski definition) is 2. The molecule has 9 nitrogen and oxygen atoms in total. The molecule has 1 amide bonds. The van der Waals surface area contributed by atoms with Crippen molar-refractivity contribution in [3.05, 3.63) is 52.1 Å². The van der Waals surface area contributed by atoms with Crippen molar-refractivity contribution in [2.75, 3.05) is 19.0 Å². The van der Waals surface area contributed by atoms with Crippen molar-refractivity contribution >= 4 is 23.6 Å². The van der Waals surface area contributed by atoms with Crippen LogP contribution in [-0.4, -0.2) is 35.9 Å². The van der Waals surface area contributed by atoms with E-state index in [0.717, 1.165) is 12.1 Å². The monoisotopic (exact) mass is 346 g/mol. The molecule has 0 atom stereocenters. The van der Waals surface area contributed by atoms with Gasteiger partial charge in [0.1, 0.15) is 12.0 Å². The normalized spacial score (nSPS) is 9.96. The lowest BCUT2D eigenvalue weighted by molar-refractivity contribution is -0.384. The van der Waals surface area contributed by atoms with Crippen LogP contribution in [0.1, 0.15) is 10.4 Å². The zero-order valence-electron chi connectivity index (χ0n) is 13.1. The third kappa shape index (κ3) is 4.44. The van der Waals surface area contributed by atoms with Gasteiger partial charge in [-0.3, -0.25) is 19.7 Å². The molecule has 0 aliphatic rings. The summed E-state index contributed by atoms with van der Waals surface area (Å²) in [7, 11) is 1.39. The fraction of sp³-hybridized carbons (Fsp3) is 0.125. The average molecular weight is 346 g/mol. The van der Waals surface area contributed by atoms with Crippen LogP contribution in [0.3, 0.4) is 0 Å². The third-order valence-electron chi connectivity index (χ3n) is 3.15. The van der Waals surface area contributed by atoms with E-state index in [1.54, 1.807) is 0 Å². The van der Waals surface area contributed by atoms with Crippen LogP contribution in [0.5, 0.6) is 17.2 Å². The number of nitrogens with one attached hydrogen (secondary N) is 1. The lowest BCUT2D eigenvalue weighted by atomic mass is 10.2. The van der Waals surface area contributed by atoms with Crippen molar-refractivity contribution in [2.24, 2.45) is 0 Å². The number of rotatable bonds is 7. The Morgan fingerprint density at radius 2 is 2.04 bits per heavy atom. The average Bonchev–Trinajstić information content (AvgIpc) is 2.61. The minimum atomic E-state index is -0.663. The first kappa shape index (κ1) is 17.7. The van der Waals surface area contributed by atoms with E-state index in [-0.39, 0.29) is 22.9 Å². The van der Waals surface area contributed by atoms with Crippen molar-refractivity contribution < 1.29 is 29.1 Å². The number of carbonyl (C=O) groups excluding carboxylic acids is 2. The van der Waals surface area contributed by atoms with Crippen LogP contribution in [0.15, 0.2) is 36.4 Å². The van der Waals surface area contributed by atoms with Crippen molar-refractivity contribution in [2.45, 2.75) is 0 Å². The third-order valence-corrected chi connectivity index (χ3v) is 3.15. The van der Waals surface area contributed by atoms with Gasteiger partial charge in [0.25, 0.3) is 11.6 Å².